The molecule has 0 saturated heterocycles. The van der Waals surface area contributed by atoms with Gasteiger partial charge < -0.3 is 14.8 Å². The zero-order valence-electron chi connectivity index (χ0n) is 15.3. The Morgan fingerprint density at radius 3 is 2.24 bits per heavy atom. The van der Waals surface area contributed by atoms with Crippen LogP contribution in [0.4, 0.5) is 5.69 Å². The van der Waals surface area contributed by atoms with E-state index in [4.69, 9.17) is 9.47 Å². The van der Waals surface area contributed by atoms with Crippen molar-refractivity contribution in [3.8, 4) is 11.5 Å². The number of hydrogen-bond donors (Lipinski definition) is 1. The number of anilines is 1. The lowest BCUT2D eigenvalue weighted by Gasteiger charge is -2.14. The lowest BCUT2D eigenvalue weighted by Crippen LogP contribution is -2.22. The van der Waals surface area contributed by atoms with Gasteiger partial charge in [-0.25, -0.2) is 9.97 Å². The van der Waals surface area contributed by atoms with Gasteiger partial charge in [-0.2, -0.15) is 0 Å². The van der Waals surface area contributed by atoms with Crippen LogP contribution in [0.15, 0.2) is 23.4 Å². The number of benzene rings is 1. The number of thioether (sulfide) groups is 1. The Hall–Kier alpha value is -2.28. The summed E-state index contributed by atoms with van der Waals surface area (Å²) in [7, 11) is 3.13. The van der Waals surface area contributed by atoms with Crippen molar-refractivity contribution in [2.45, 2.75) is 38.1 Å². The first-order chi connectivity index (χ1) is 11.8. The largest absolute Gasteiger partial charge is 0.493 e. The summed E-state index contributed by atoms with van der Waals surface area (Å²) in [5.74, 6) is 1.05. The first-order valence-electron chi connectivity index (χ1n) is 7.87. The van der Waals surface area contributed by atoms with Gasteiger partial charge in [-0.3, -0.25) is 4.79 Å². The van der Waals surface area contributed by atoms with E-state index in [1.807, 2.05) is 27.7 Å². The second-order valence-corrected chi connectivity index (χ2v) is 6.93. The number of carbonyl (C=O) groups is 1. The average Bonchev–Trinajstić information content (AvgIpc) is 2.59. The van der Waals surface area contributed by atoms with Crippen LogP contribution < -0.4 is 14.8 Å². The summed E-state index contributed by atoms with van der Waals surface area (Å²) in [6.07, 6.45) is 0. The minimum absolute atomic E-state index is 0.128. The second-order valence-electron chi connectivity index (χ2n) is 5.62. The molecule has 1 N–H and O–H groups in total. The third-order valence-corrected chi connectivity index (χ3v) is 4.88. The maximum absolute atomic E-state index is 12.4. The van der Waals surface area contributed by atoms with Crippen molar-refractivity contribution < 1.29 is 14.3 Å². The molecule has 2 aromatic rings. The molecule has 0 saturated carbocycles. The van der Waals surface area contributed by atoms with Gasteiger partial charge in [0.2, 0.25) is 5.91 Å². The minimum atomic E-state index is -0.338. The van der Waals surface area contributed by atoms with Crippen LogP contribution in [-0.2, 0) is 4.79 Å². The summed E-state index contributed by atoms with van der Waals surface area (Å²) in [5.41, 5.74) is 3.59. The van der Waals surface area contributed by atoms with E-state index in [0.29, 0.717) is 22.3 Å². The fraction of sp³-hybridized carbons (Fsp3) is 0.389. The molecule has 0 unspecified atom stereocenters. The van der Waals surface area contributed by atoms with Gasteiger partial charge in [0.15, 0.2) is 16.7 Å². The van der Waals surface area contributed by atoms with E-state index in [0.717, 1.165) is 17.0 Å². The average molecular weight is 361 g/mol. The number of hydrogen-bond acceptors (Lipinski definition) is 6. The lowest BCUT2D eigenvalue weighted by atomic mass is 10.2. The van der Waals surface area contributed by atoms with Crippen LogP contribution in [0.1, 0.15) is 23.9 Å². The maximum atomic E-state index is 12.4. The molecule has 7 heteroatoms. The van der Waals surface area contributed by atoms with E-state index in [-0.39, 0.29) is 11.2 Å². The summed E-state index contributed by atoms with van der Waals surface area (Å²) in [5, 5.41) is 3.15. The van der Waals surface area contributed by atoms with E-state index in [2.05, 4.69) is 15.3 Å². The van der Waals surface area contributed by atoms with Crippen molar-refractivity contribution in [1.29, 1.82) is 0 Å². The monoisotopic (exact) mass is 361 g/mol. The Labute approximate surface area is 152 Å². The molecule has 0 fully saturated rings. The molecule has 2 rings (SSSR count). The molecule has 1 aromatic heterocycles. The number of amides is 1. The number of carbonyl (C=O) groups excluding carboxylic acids is 1. The standard InChI is InChI=1S/C18H23N3O3S/c1-10-11(2)19-18(20-12(10)3)25-13(4)17(22)21-14-7-8-15(23-5)16(9-14)24-6/h7-9,13H,1-6H3,(H,21,22)/t13-/m0/s1. The first-order valence-corrected chi connectivity index (χ1v) is 8.75. The Balaban J connectivity index is 2.08. The van der Waals surface area contributed by atoms with E-state index < -0.39 is 0 Å². The third-order valence-electron chi connectivity index (χ3n) is 3.91. The Bertz CT molecular complexity index is 757. The molecule has 0 aliphatic carbocycles. The topological polar surface area (TPSA) is 73.3 Å². The molecule has 1 atom stereocenters. The number of nitrogens with one attached hydrogen (secondary N) is 1. The number of ether oxygens (including phenoxy) is 2. The predicted octanol–water partition coefficient (Wildman–Crippen LogP) is 3.54. The fourth-order valence-corrected chi connectivity index (χ4v) is 3.03. The molecule has 0 spiro atoms. The molecule has 0 aliphatic heterocycles. The van der Waals surface area contributed by atoms with Gasteiger partial charge in [-0.15, -0.1) is 0 Å². The van der Waals surface area contributed by atoms with Gasteiger partial charge in [0.05, 0.1) is 19.5 Å². The molecule has 0 aliphatic rings. The number of rotatable bonds is 6. The second kappa shape index (κ2) is 8.20. The van der Waals surface area contributed by atoms with Crippen molar-refractivity contribution in [3.05, 3.63) is 35.2 Å². The zero-order valence-corrected chi connectivity index (χ0v) is 16.2. The van der Waals surface area contributed by atoms with Gasteiger partial charge >= 0.3 is 0 Å². The van der Waals surface area contributed by atoms with E-state index >= 15 is 0 Å². The highest BCUT2D eigenvalue weighted by atomic mass is 32.2. The van der Waals surface area contributed by atoms with Crippen LogP contribution in [0.2, 0.25) is 0 Å². The van der Waals surface area contributed by atoms with Crippen LogP contribution >= 0.6 is 11.8 Å². The first kappa shape index (κ1) is 19.1. The summed E-state index contributed by atoms with van der Waals surface area (Å²) in [6, 6.07) is 5.25. The smallest absolute Gasteiger partial charge is 0.237 e. The number of aromatic nitrogens is 2. The third kappa shape index (κ3) is 4.63. The molecule has 1 heterocycles. The van der Waals surface area contributed by atoms with Crippen molar-refractivity contribution in [2.75, 3.05) is 19.5 Å². The molecular weight excluding hydrogens is 338 g/mol. The fourth-order valence-electron chi connectivity index (χ4n) is 2.16. The molecule has 1 amide bonds. The number of methoxy groups -OCH3 is 2. The summed E-state index contributed by atoms with van der Waals surface area (Å²) >= 11 is 1.34. The highest BCUT2D eigenvalue weighted by molar-refractivity contribution is 8.00. The van der Waals surface area contributed by atoms with Gasteiger partial charge in [-0.05, 0) is 45.4 Å². The van der Waals surface area contributed by atoms with E-state index in [1.165, 1.54) is 11.8 Å². The summed E-state index contributed by atoms with van der Waals surface area (Å²) < 4.78 is 10.4. The Kier molecular flexibility index (Phi) is 6.25. The zero-order chi connectivity index (χ0) is 18.6. The van der Waals surface area contributed by atoms with Crippen LogP contribution in [-0.4, -0.2) is 35.3 Å². The molecule has 1 aromatic carbocycles. The summed E-state index contributed by atoms with van der Waals surface area (Å²) in [6.45, 7) is 7.71. The Morgan fingerprint density at radius 1 is 1.08 bits per heavy atom. The van der Waals surface area contributed by atoms with Crippen LogP contribution in [0.3, 0.4) is 0 Å². The highest BCUT2D eigenvalue weighted by Gasteiger charge is 2.18. The molecule has 6 nitrogen and oxygen atoms in total. The Morgan fingerprint density at radius 2 is 1.68 bits per heavy atom. The lowest BCUT2D eigenvalue weighted by molar-refractivity contribution is -0.115. The van der Waals surface area contributed by atoms with Gasteiger partial charge in [0.25, 0.3) is 0 Å². The SMILES string of the molecule is COc1ccc(NC(=O)[C@H](C)Sc2nc(C)c(C)c(C)n2)cc1OC. The summed E-state index contributed by atoms with van der Waals surface area (Å²) in [4.78, 5) is 21.3. The minimum Gasteiger partial charge on any atom is -0.493 e. The van der Waals surface area contributed by atoms with Gasteiger partial charge in [0.1, 0.15) is 0 Å². The quantitative estimate of drug-likeness (QED) is 0.627. The molecule has 25 heavy (non-hydrogen) atoms. The van der Waals surface area contributed by atoms with Crippen molar-refractivity contribution in [3.63, 3.8) is 0 Å². The van der Waals surface area contributed by atoms with Crippen LogP contribution in [0, 0.1) is 20.8 Å². The highest BCUT2D eigenvalue weighted by Crippen LogP contribution is 2.30. The molecule has 0 bridgehead atoms. The van der Waals surface area contributed by atoms with E-state index in [1.54, 1.807) is 32.4 Å². The molecule has 134 valence electrons. The number of aryl methyl sites for hydroxylation is 2. The van der Waals surface area contributed by atoms with Crippen molar-refractivity contribution in [1.82, 2.24) is 9.97 Å². The van der Waals surface area contributed by atoms with Crippen LogP contribution in [0.25, 0.3) is 0 Å². The maximum Gasteiger partial charge on any atom is 0.237 e. The van der Waals surface area contributed by atoms with Crippen LogP contribution in [0.5, 0.6) is 11.5 Å². The predicted molar refractivity (Wildman–Crippen MR) is 99.7 cm³/mol. The molecular formula is C18H23N3O3S. The van der Waals surface area contributed by atoms with Crippen molar-refractivity contribution >= 4 is 23.4 Å². The van der Waals surface area contributed by atoms with E-state index in [9.17, 15) is 4.79 Å². The van der Waals surface area contributed by atoms with Crippen molar-refractivity contribution in [2.24, 2.45) is 0 Å². The number of nitrogens with zero attached hydrogens (tertiary/aromatic N) is 2. The van der Waals surface area contributed by atoms with Gasteiger partial charge in [-0.1, -0.05) is 11.8 Å². The molecule has 0 radical (unpaired) electrons. The normalized spacial score (nSPS) is 11.8. The van der Waals surface area contributed by atoms with Gasteiger partial charge in [0, 0.05) is 23.1 Å².